The minimum Gasteiger partial charge on any atom is -0.357 e. The van der Waals surface area contributed by atoms with E-state index in [2.05, 4.69) is 38.2 Å². The summed E-state index contributed by atoms with van der Waals surface area (Å²) >= 11 is 2.99. The van der Waals surface area contributed by atoms with E-state index in [0.29, 0.717) is 11.1 Å². The number of H-pyrrole nitrogens is 1. The number of thiophene rings is 1. The number of fused-ring (bicyclic) bond motifs is 1. The minimum absolute atomic E-state index is 0.175. The second kappa shape index (κ2) is 5.82. The molecule has 0 fully saturated rings. The van der Waals surface area contributed by atoms with Crippen molar-refractivity contribution in [2.45, 2.75) is 23.5 Å². The zero-order chi connectivity index (χ0) is 14.8. The molecule has 0 amide bonds. The van der Waals surface area contributed by atoms with Crippen LogP contribution in [-0.2, 0) is 6.42 Å². The van der Waals surface area contributed by atoms with Crippen LogP contribution in [0.5, 0.6) is 0 Å². The maximum atomic E-state index is 11.4. The van der Waals surface area contributed by atoms with Gasteiger partial charge in [0, 0.05) is 29.6 Å². The number of anilines is 1. The second-order valence-corrected chi connectivity index (χ2v) is 6.32. The Balaban J connectivity index is 2.11. The normalized spacial score (nSPS) is 11.0. The molecule has 0 saturated heterocycles. The quantitative estimate of drug-likeness (QED) is 0.568. The standard InChI is InChI=1S/C13H13N5OS2/c1-3-7-6-8-10(20-7)17-12(14-2)18-11(8)21-13-15-5-4-9(19)16-13/h4-6H,3H2,1-2H3,(H,14,17,18)(H,15,16,19). The van der Waals surface area contributed by atoms with Gasteiger partial charge < -0.3 is 10.3 Å². The molecule has 3 heterocycles. The first kappa shape index (κ1) is 14.0. The van der Waals surface area contributed by atoms with Crippen LogP contribution in [-0.4, -0.2) is 27.0 Å². The van der Waals surface area contributed by atoms with Gasteiger partial charge in [0.2, 0.25) is 5.95 Å². The van der Waals surface area contributed by atoms with Crippen molar-refractivity contribution in [3.8, 4) is 0 Å². The molecule has 3 aromatic rings. The lowest BCUT2D eigenvalue weighted by molar-refractivity contribution is 0.932. The van der Waals surface area contributed by atoms with Gasteiger partial charge in [0.05, 0.1) is 0 Å². The third-order valence-corrected chi connectivity index (χ3v) is 4.90. The van der Waals surface area contributed by atoms with Gasteiger partial charge in [0.25, 0.3) is 5.56 Å². The van der Waals surface area contributed by atoms with Gasteiger partial charge in [-0.1, -0.05) is 6.92 Å². The Bertz CT molecular complexity index is 842. The molecular weight excluding hydrogens is 306 g/mol. The molecule has 21 heavy (non-hydrogen) atoms. The van der Waals surface area contributed by atoms with Crippen LogP contribution in [0.4, 0.5) is 5.95 Å². The number of nitrogens with zero attached hydrogens (tertiary/aromatic N) is 3. The fraction of sp³-hybridized carbons (Fsp3) is 0.231. The topological polar surface area (TPSA) is 83.6 Å². The molecular formula is C13H13N5OS2. The van der Waals surface area contributed by atoms with Crippen molar-refractivity contribution in [2.75, 3.05) is 12.4 Å². The number of aromatic amines is 1. The van der Waals surface area contributed by atoms with Gasteiger partial charge in [0.1, 0.15) is 9.86 Å². The van der Waals surface area contributed by atoms with Gasteiger partial charge in [-0.05, 0) is 24.2 Å². The van der Waals surface area contributed by atoms with Crippen molar-refractivity contribution in [3.05, 3.63) is 33.6 Å². The molecule has 3 aromatic heterocycles. The molecule has 6 nitrogen and oxygen atoms in total. The van der Waals surface area contributed by atoms with Crippen LogP contribution in [0.25, 0.3) is 10.2 Å². The molecule has 0 aliphatic carbocycles. The smallest absolute Gasteiger partial charge is 0.251 e. The van der Waals surface area contributed by atoms with Crippen molar-refractivity contribution in [1.82, 2.24) is 19.9 Å². The number of hydrogen-bond acceptors (Lipinski definition) is 7. The van der Waals surface area contributed by atoms with E-state index in [0.717, 1.165) is 21.7 Å². The molecule has 0 aromatic carbocycles. The van der Waals surface area contributed by atoms with E-state index in [1.807, 2.05) is 0 Å². The zero-order valence-electron chi connectivity index (χ0n) is 11.5. The van der Waals surface area contributed by atoms with E-state index in [1.165, 1.54) is 28.9 Å². The Morgan fingerprint density at radius 1 is 1.43 bits per heavy atom. The molecule has 0 radical (unpaired) electrons. The molecule has 8 heteroatoms. The molecule has 0 bridgehead atoms. The van der Waals surface area contributed by atoms with Gasteiger partial charge in [-0.3, -0.25) is 4.79 Å². The van der Waals surface area contributed by atoms with Gasteiger partial charge in [-0.15, -0.1) is 11.3 Å². The van der Waals surface area contributed by atoms with Gasteiger partial charge >= 0.3 is 0 Å². The summed E-state index contributed by atoms with van der Waals surface area (Å²) in [5.74, 6) is 0.563. The molecule has 3 rings (SSSR count). The van der Waals surface area contributed by atoms with E-state index in [1.54, 1.807) is 18.4 Å². The molecule has 0 spiro atoms. The highest BCUT2D eigenvalue weighted by Gasteiger charge is 2.13. The van der Waals surface area contributed by atoms with Crippen LogP contribution in [0.2, 0.25) is 0 Å². The van der Waals surface area contributed by atoms with E-state index >= 15 is 0 Å². The van der Waals surface area contributed by atoms with E-state index in [4.69, 9.17) is 0 Å². The summed E-state index contributed by atoms with van der Waals surface area (Å²) in [4.78, 5) is 29.4. The van der Waals surface area contributed by atoms with Crippen LogP contribution in [0.1, 0.15) is 11.8 Å². The lowest BCUT2D eigenvalue weighted by atomic mass is 10.3. The summed E-state index contributed by atoms with van der Waals surface area (Å²) in [7, 11) is 1.78. The van der Waals surface area contributed by atoms with Crippen molar-refractivity contribution < 1.29 is 0 Å². The predicted octanol–water partition coefficient (Wildman–Crippen LogP) is 2.53. The molecule has 0 aliphatic rings. The molecule has 0 saturated carbocycles. The van der Waals surface area contributed by atoms with Gasteiger partial charge in [-0.2, -0.15) is 0 Å². The predicted molar refractivity (Wildman–Crippen MR) is 85.3 cm³/mol. The Morgan fingerprint density at radius 2 is 2.29 bits per heavy atom. The summed E-state index contributed by atoms with van der Waals surface area (Å²) in [6.45, 7) is 2.11. The number of rotatable bonds is 4. The highest BCUT2D eigenvalue weighted by molar-refractivity contribution is 7.99. The van der Waals surface area contributed by atoms with Crippen LogP contribution in [0, 0.1) is 0 Å². The molecule has 0 atom stereocenters. The fourth-order valence-electron chi connectivity index (χ4n) is 1.80. The lowest BCUT2D eigenvalue weighted by Gasteiger charge is -2.04. The van der Waals surface area contributed by atoms with Gasteiger partial charge in [0.15, 0.2) is 5.16 Å². The summed E-state index contributed by atoms with van der Waals surface area (Å²) in [5, 5.41) is 5.26. The zero-order valence-corrected chi connectivity index (χ0v) is 13.1. The van der Waals surface area contributed by atoms with Crippen molar-refractivity contribution in [1.29, 1.82) is 0 Å². The SMILES string of the molecule is CCc1cc2c(Sc3nccc(=O)[nH]3)nc(NC)nc2s1. The van der Waals surface area contributed by atoms with Crippen molar-refractivity contribution >= 4 is 39.3 Å². The van der Waals surface area contributed by atoms with E-state index in [-0.39, 0.29) is 5.56 Å². The summed E-state index contributed by atoms with van der Waals surface area (Å²) in [5.41, 5.74) is -0.175. The van der Waals surface area contributed by atoms with Crippen molar-refractivity contribution in [3.63, 3.8) is 0 Å². The highest BCUT2D eigenvalue weighted by Crippen LogP contribution is 2.34. The van der Waals surface area contributed by atoms with Crippen LogP contribution in [0.15, 0.2) is 33.3 Å². The highest BCUT2D eigenvalue weighted by atomic mass is 32.2. The first-order valence-electron chi connectivity index (χ1n) is 6.41. The third-order valence-electron chi connectivity index (χ3n) is 2.82. The van der Waals surface area contributed by atoms with Crippen molar-refractivity contribution in [2.24, 2.45) is 0 Å². The number of aromatic nitrogens is 4. The Labute approximate surface area is 129 Å². The van der Waals surface area contributed by atoms with Crippen LogP contribution in [0.3, 0.4) is 0 Å². The number of aryl methyl sites for hydroxylation is 1. The maximum absolute atomic E-state index is 11.4. The average molecular weight is 319 g/mol. The van der Waals surface area contributed by atoms with E-state index in [9.17, 15) is 4.79 Å². The number of nitrogens with one attached hydrogen (secondary N) is 2. The van der Waals surface area contributed by atoms with E-state index < -0.39 is 0 Å². The average Bonchev–Trinajstić information content (AvgIpc) is 2.90. The number of hydrogen-bond donors (Lipinski definition) is 2. The molecule has 2 N–H and O–H groups in total. The molecule has 0 aliphatic heterocycles. The van der Waals surface area contributed by atoms with Crippen LogP contribution < -0.4 is 10.9 Å². The molecule has 108 valence electrons. The monoisotopic (exact) mass is 319 g/mol. The first-order valence-corrected chi connectivity index (χ1v) is 8.04. The Kier molecular flexibility index (Phi) is 3.89. The van der Waals surface area contributed by atoms with Crippen LogP contribution >= 0.6 is 23.1 Å². The summed E-state index contributed by atoms with van der Waals surface area (Å²) in [6.07, 6.45) is 2.45. The molecule has 0 unspecified atom stereocenters. The lowest BCUT2D eigenvalue weighted by Crippen LogP contribution is -2.05. The maximum Gasteiger partial charge on any atom is 0.251 e. The van der Waals surface area contributed by atoms with Gasteiger partial charge in [-0.25, -0.2) is 15.0 Å². The third kappa shape index (κ3) is 2.91. The largest absolute Gasteiger partial charge is 0.357 e. The minimum atomic E-state index is -0.175. The fourth-order valence-corrected chi connectivity index (χ4v) is 3.68. The summed E-state index contributed by atoms with van der Waals surface area (Å²) < 4.78 is 0. The first-order chi connectivity index (χ1) is 10.2. The Hall–Kier alpha value is -1.93. The summed E-state index contributed by atoms with van der Waals surface area (Å²) in [6, 6.07) is 3.49. The Morgan fingerprint density at radius 3 is 3.00 bits per heavy atom. The second-order valence-electron chi connectivity index (χ2n) is 4.23.